The topological polar surface area (TPSA) is 73.8 Å². The average Bonchev–Trinajstić information content (AvgIpc) is 2.93. The molecule has 2 aromatic heterocycles. The van der Waals surface area contributed by atoms with Crippen molar-refractivity contribution in [3.63, 3.8) is 0 Å². The van der Waals surface area contributed by atoms with E-state index >= 15 is 0 Å². The number of aromatic nitrogens is 3. The maximum absolute atomic E-state index is 10.7. The summed E-state index contributed by atoms with van der Waals surface area (Å²) < 4.78 is 2.00. The third-order valence-electron chi connectivity index (χ3n) is 2.79. The van der Waals surface area contributed by atoms with E-state index < -0.39 is 4.92 Å². The summed E-state index contributed by atoms with van der Waals surface area (Å²) in [4.78, 5) is 11.1. The van der Waals surface area contributed by atoms with Gasteiger partial charge in [-0.05, 0) is 18.9 Å². The highest BCUT2D eigenvalue weighted by Gasteiger charge is 2.30. The molecule has 1 aliphatic carbocycles. The Bertz CT molecular complexity index is 605. The molecule has 0 bridgehead atoms. The van der Waals surface area contributed by atoms with Gasteiger partial charge in [-0.3, -0.25) is 10.1 Å². The third-order valence-corrected chi connectivity index (χ3v) is 4.06. The summed E-state index contributed by atoms with van der Waals surface area (Å²) in [5, 5.41) is 19.0. The number of hydrogen-bond acceptors (Lipinski definition) is 5. The molecule has 2 aromatic rings. The second-order valence-electron chi connectivity index (χ2n) is 4.07. The Hall–Kier alpha value is -1.47. The number of alkyl halides is 1. The zero-order valence-electron chi connectivity index (χ0n) is 9.24. The Morgan fingerprint density at radius 2 is 2.28 bits per heavy atom. The van der Waals surface area contributed by atoms with Gasteiger partial charge in [-0.15, -0.1) is 21.8 Å². The van der Waals surface area contributed by atoms with E-state index in [1.54, 1.807) is 6.07 Å². The number of hydrogen-bond donors (Lipinski definition) is 0. The average molecular weight is 285 g/mol. The normalized spacial score (nSPS) is 14.9. The predicted octanol–water partition coefficient (Wildman–Crippen LogP) is 2.99. The van der Waals surface area contributed by atoms with Gasteiger partial charge in [-0.1, -0.05) is 11.3 Å². The van der Waals surface area contributed by atoms with Crippen LogP contribution in [0, 0.1) is 10.1 Å². The molecular formula is C10H9ClN4O2S. The molecule has 0 aromatic carbocycles. The second-order valence-corrected chi connectivity index (χ2v) is 5.40. The van der Waals surface area contributed by atoms with Gasteiger partial charge in [0.05, 0.1) is 15.7 Å². The number of nitrogens with zero attached hydrogens (tertiary/aromatic N) is 4. The Labute approximate surface area is 111 Å². The van der Waals surface area contributed by atoms with Crippen molar-refractivity contribution in [2.24, 2.45) is 0 Å². The van der Waals surface area contributed by atoms with Gasteiger partial charge in [0.25, 0.3) is 0 Å². The molecule has 18 heavy (non-hydrogen) atoms. The van der Waals surface area contributed by atoms with Crippen LogP contribution in [0.4, 0.5) is 5.00 Å². The zero-order valence-corrected chi connectivity index (χ0v) is 10.8. The fraction of sp³-hybridized carbons (Fsp3) is 0.400. The highest BCUT2D eigenvalue weighted by molar-refractivity contribution is 7.18. The van der Waals surface area contributed by atoms with Crippen molar-refractivity contribution < 1.29 is 4.92 Å². The highest BCUT2D eigenvalue weighted by Crippen LogP contribution is 2.41. The van der Waals surface area contributed by atoms with E-state index in [0.29, 0.717) is 17.7 Å². The first kappa shape index (κ1) is 11.6. The molecule has 8 heteroatoms. The molecule has 0 radical (unpaired) electrons. The van der Waals surface area contributed by atoms with Crippen molar-refractivity contribution in [3.8, 4) is 10.7 Å². The van der Waals surface area contributed by atoms with E-state index in [2.05, 4.69) is 10.2 Å². The maximum atomic E-state index is 10.7. The summed E-state index contributed by atoms with van der Waals surface area (Å²) >= 11 is 6.94. The van der Waals surface area contributed by atoms with Crippen molar-refractivity contribution >= 4 is 27.9 Å². The van der Waals surface area contributed by atoms with E-state index in [1.165, 1.54) is 6.07 Å². The molecule has 3 rings (SSSR count). The highest BCUT2D eigenvalue weighted by atomic mass is 35.5. The predicted molar refractivity (Wildman–Crippen MR) is 67.8 cm³/mol. The molecule has 0 aliphatic heterocycles. The number of thiophene rings is 1. The lowest BCUT2D eigenvalue weighted by Crippen LogP contribution is -2.01. The van der Waals surface area contributed by atoms with Crippen LogP contribution in [-0.2, 0) is 5.88 Å². The molecule has 0 spiro atoms. The van der Waals surface area contributed by atoms with Crippen LogP contribution >= 0.6 is 22.9 Å². The Morgan fingerprint density at radius 3 is 2.83 bits per heavy atom. The Morgan fingerprint density at radius 1 is 1.50 bits per heavy atom. The summed E-state index contributed by atoms with van der Waals surface area (Å²) in [7, 11) is 0. The molecule has 0 atom stereocenters. The third kappa shape index (κ3) is 1.89. The SMILES string of the molecule is O=[N+]([O-])c1ccc(-c2nnc(CCl)n2C2CC2)s1. The minimum Gasteiger partial charge on any atom is -0.306 e. The molecular weight excluding hydrogens is 276 g/mol. The first-order valence-electron chi connectivity index (χ1n) is 5.45. The minimum absolute atomic E-state index is 0.114. The lowest BCUT2D eigenvalue weighted by atomic mass is 10.4. The lowest BCUT2D eigenvalue weighted by molar-refractivity contribution is -0.380. The van der Waals surface area contributed by atoms with Gasteiger partial charge in [-0.25, -0.2) is 0 Å². The summed E-state index contributed by atoms with van der Waals surface area (Å²) in [5.74, 6) is 1.72. The first-order valence-corrected chi connectivity index (χ1v) is 6.80. The summed E-state index contributed by atoms with van der Waals surface area (Å²) in [5.41, 5.74) is 0. The van der Waals surface area contributed by atoms with Crippen LogP contribution in [0.5, 0.6) is 0 Å². The fourth-order valence-corrected chi connectivity index (χ4v) is 2.83. The van der Waals surface area contributed by atoms with Gasteiger partial charge >= 0.3 is 5.00 Å². The zero-order chi connectivity index (χ0) is 12.7. The quantitative estimate of drug-likeness (QED) is 0.491. The number of rotatable bonds is 4. The van der Waals surface area contributed by atoms with Crippen LogP contribution in [-0.4, -0.2) is 19.7 Å². The molecule has 2 heterocycles. The molecule has 0 saturated heterocycles. The van der Waals surface area contributed by atoms with Crippen LogP contribution in [0.2, 0.25) is 0 Å². The molecule has 1 aliphatic rings. The summed E-state index contributed by atoms with van der Waals surface area (Å²) in [6.07, 6.45) is 2.17. The molecule has 94 valence electrons. The molecule has 0 unspecified atom stereocenters. The maximum Gasteiger partial charge on any atom is 0.324 e. The van der Waals surface area contributed by atoms with E-state index in [-0.39, 0.29) is 5.00 Å². The molecule has 1 saturated carbocycles. The summed E-state index contributed by atoms with van der Waals surface area (Å²) in [6.45, 7) is 0. The molecule has 0 amide bonds. The van der Waals surface area contributed by atoms with Crippen molar-refractivity contribution in [1.29, 1.82) is 0 Å². The Balaban J connectivity index is 2.04. The van der Waals surface area contributed by atoms with Gasteiger partial charge in [0.2, 0.25) is 0 Å². The van der Waals surface area contributed by atoms with Crippen LogP contribution in [0.3, 0.4) is 0 Å². The van der Waals surface area contributed by atoms with Gasteiger partial charge in [0.1, 0.15) is 5.82 Å². The van der Waals surface area contributed by atoms with Crippen LogP contribution in [0.1, 0.15) is 24.7 Å². The van der Waals surface area contributed by atoms with Crippen LogP contribution < -0.4 is 0 Å². The molecule has 1 fully saturated rings. The monoisotopic (exact) mass is 284 g/mol. The van der Waals surface area contributed by atoms with Gasteiger partial charge < -0.3 is 4.57 Å². The van der Waals surface area contributed by atoms with E-state index in [1.807, 2.05) is 4.57 Å². The second kappa shape index (κ2) is 4.33. The van der Waals surface area contributed by atoms with Crippen molar-refractivity contribution in [1.82, 2.24) is 14.8 Å². The van der Waals surface area contributed by atoms with Crippen molar-refractivity contribution in [2.45, 2.75) is 24.8 Å². The summed E-state index contributed by atoms with van der Waals surface area (Å²) in [6, 6.07) is 3.60. The molecule has 0 N–H and O–H groups in total. The smallest absolute Gasteiger partial charge is 0.306 e. The number of halogens is 1. The van der Waals surface area contributed by atoms with Gasteiger partial charge in [-0.2, -0.15) is 0 Å². The largest absolute Gasteiger partial charge is 0.324 e. The van der Waals surface area contributed by atoms with Crippen LogP contribution in [0.25, 0.3) is 10.7 Å². The Kier molecular flexibility index (Phi) is 2.79. The lowest BCUT2D eigenvalue weighted by Gasteiger charge is -2.05. The van der Waals surface area contributed by atoms with E-state index in [4.69, 9.17) is 11.6 Å². The van der Waals surface area contributed by atoms with Crippen LogP contribution in [0.15, 0.2) is 12.1 Å². The van der Waals surface area contributed by atoms with Crippen molar-refractivity contribution in [3.05, 3.63) is 28.1 Å². The minimum atomic E-state index is -0.394. The fourth-order valence-electron chi connectivity index (χ4n) is 1.85. The first-order chi connectivity index (χ1) is 8.70. The number of nitro groups is 1. The van der Waals surface area contributed by atoms with Gasteiger partial charge in [0.15, 0.2) is 5.82 Å². The standard InChI is InChI=1S/C10H9ClN4O2S/c11-5-8-12-13-10(14(8)6-1-2-6)7-3-4-9(18-7)15(16)17/h3-4,6H,1-2,5H2. The van der Waals surface area contributed by atoms with E-state index in [0.717, 1.165) is 34.9 Å². The van der Waals surface area contributed by atoms with Crippen molar-refractivity contribution in [2.75, 3.05) is 0 Å². The van der Waals surface area contributed by atoms with Gasteiger partial charge in [0, 0.05) is 12.1 Å². The van der Waals surface area contributed by atoms with E-state index in [9.17, 15) is 10.1 Å². The molecule has 6 nitrogen and oxygen atoms in total.